The van der Waals surface area contributed by atoms with Gasteiger partial charge in [-0.05, 0) is 36.1 Å². The third-order valence-electron chi connectivity index (χ3n) is 3.64. The highest BCUT2D eigenvalue weighted by Crippen LogP contribution is 2.26. The van der Waals surface area contributed by atoms with Crippen LogP contribution >= 0.6 is 11.3 Å². The van der Waals surface area contributed by atoms with Gasteiger partial charge in [-0.2, -0.15) is 0 Å². The first kappa shape index (κ1) is 17.3. The van der Waals surface area contributed by atoms with Gasteiger partial charge in [0, 0.05) is 18.5 Å². The first-order chi connectivity index (χ1) is 12.0. The van der Waals surface area contributed by atoms with Crippen molar-refractivity contribution in [1.82, 2.24) is 10.2 Å². The van der Waals surface area contributed by atoms with Gasteiger partial charge in [-0.1, -0.05) is 25.2 Å². The van der Waals surface area contributed by atoms with Gasteiger partial charge in [-0.15, -0.1) is 10.2 Å². The Hall–Kier alpha value is -2.48. The highest BCUT2D eigenvalue weighted by Gasteiger charge is 2.15. The molecule has 1 aliphatic heterocycles. The van der Waals surface area contributed by atoms with Crippen LogP contribution in [0.4, 0.5) is 10.8 Å². The number of nitrogens with zero attached hydrogens (tertiary/aromatic N) is 2. The minimum Gasteiger partial charge on any atom is -0.484 e. The molecule has 0 unspecified atom stereocenters. The van der Waals surface area contributed by atoms with Crippen LogP contribution in [0.1, 0.15) is 30.8 Å². The number of nitrogens with one attached hydrogen (secondary N) is 2. The zero-order valence-corrected chi connectivity index (χ0v) is 15.0. The fraction of sp³-hybridized carbons (Fsp3) is 0.412. The second-order valence-corrected chi connectivity index (χ2v) is 7.36. The number of aryl methyl sites for hydroxylation is 1. The predicted molar refractivity (Wildman–Crippen MR) is 96.0 cm³/mol. The smallest absolute Gasteiger partial charge is 0.264 e. The van der Waals surface area contributed by atoms with E-state index in [1.165, 1.54) is 11.3 Å². The van der Waals surface area contributed by atoms with Crippen LogP contribution in [0.3, 0.4) is 0 Å². The lowest BCUT2D eigenvalue weighted by Crippen LogP contribution is -2.21. The number of carbonyl (C=O) groups excluding carboxylic acids is 2. The van der Waals surface area contributed by atoms with E-state index >= 15 is 0 Å². The van der Waals surface area contributed by atoms with Crippen LogP contribution in [0.2, 0.25) is 0 Å². The SMILES string of the molecule is CC(C)Cc1nnc(NC(=O)COc2ccc3c(c2)CCC(=O)N3)s1. The second kappa shape index (κ2) is 7.60. The maximum Gasteiger partial charge on any atom is 0.264 e. The Bertz CT molecular complexity index is 788. The summed E-state index contributed by atoms with van der Waals surface area (Å²) in [6.07, 6.45) is 1.98. The maximum atomic E-state index is 12.0. The van der Waals surface area contributed by atoms with Crippen molar-refractivity contribution in [3.05, 3.63) is 28.8 Å². The Morgan fingerprint density at radius 1 is 1.36 bits per heavy atom. The standard InChI is InChI=1S/C17H20N4O3S/c1-10(2)7-16-20-21-17(25-16)19-15(23)9-24-12-4-5-13-11(8-12)3-6-14(22)18-13/h4-5,8,10H,3,6-7,9H2,1-2H3,(H,18,22)(H,19,21,23). The Balaban J connectivity index is 1.52. The number of rotatable bonds is 6. The Kier molecular flexibility index (Phi) is 5.28. The highest BCUT2D eigenvalue weighted by molar-refractivity contribution is 7.15. The van der Waals surface area contributed by atoms with E-state index < -0.39 is 0 Å². The van der Waals surface area contributed by atoms with Crippen molar-refractivity contribution < 1.29 is 14.3 Å². The van der Waals surface area contributed by atoms with Crippen LogP contribution in [0.5, 0.6) is 5.75 Å². The highest BCUT2D eigenvalue weighted by atomic mass is 32.1. The summed E-state index contributed by atoms with van der Waals surface area (Å²) in [4.78, 5) is 23.3. The van der Waals surface area contributed by atoms with Crippen molar-refractivity contribution in [2.75, 3.05) is 17.2 Å². The van der Waals surface area contributed by atoms with E-state index in [2.05, 4.69) is 34.7 Å². The number of aromatic nitrogens is 2. The number of carbonyl (C=O) groups is 2. The van der Waals surface area contributed by atoms with E-state index in [1.807, 2.05) is 6.07 Å². The monoisotopic (exact) mass is 360 g/mol. The molecule has 0 saturated heterocycles. The number of fused-ring (bicyclic) bond motifs is 1. The van der Waals surface area contributed by atoms with Gasteiger partial charge in [0.05, 0.1) is 0 Å². The van der Waals surface area contributed by atoms with Gasteiger partial charge in [0.25, 0.3) is 5.91 Å². The summed E-state index contributed by atoms with van der Waals surface area (Å²) in [5.74, 6) is 0.837. The molecule has 8 heteroatoms. The van der Waals surface area contributed by atoms with Crippen LogP contribution in [0.15, 0.2) is 18.2 Å². The van der Waals surface area contributed by atoms with Gasteiger partial charge in [0.1, 0.15) is 10.8 Å². The van der Waals surface area contributed by atoms with Crippen molar-refractivity contribution >= 4 is 34.0 Å². The largest absolute Gasteiger partial charge is 0.484 e. The molecular formula is C17H20N4O3S. The van der Waals surface area contributed by atoms with E-state index in [0.29, 0.717) is 29.6 Å². The molecule has 1 aromatic carbocycles. The summed E-state index contributed by atoms with van der Waals surface area (Å²) in [5, 5.41) is 14.9. The molecule has 0 aliphatic carbocycles. The van der Waals surface area contributed by atoms with Crippen LogP contribution < -0.4 is 15.4 Å². The normalized spacial score (nSPS) is 13.3. The molecule has 0 radical (unpaired) electrons. The summed E-state index contributed by atoms with van der Waals surface area (Å²) in [7, 11) is 0. The van der Waals surface area contributed by atoms with Gasteiger partial charge in [-0.25, -0.2) is 0 Å². The molecule has 3 rings (SSSR count). The topological polar surface area (TPSA) is 93.2 Å². The predicted octanol–water partition coefficient (Wildman–Crippen LogP) is 2.64. The van der Waals surface area contributed by atoms with Crippen molar-refractivity contribution in [2.24, 2.45) is 5.92 Å². The number of hydrogen-bond acceptors (Lipinski definition) is 6. The average Bonchev–Trinajstić information content (AvgIpc) is 2.99. The fourth-order valence-electron chi connectivity index (χ4n) is 2.49. The quantitative estimate of drug-likeness (QED) is 0.826. The zero-order chi connectivity index (χ0) is 17.8. The van der Waals surface area contributed by atoms with Gasteiger partial charge in [-0.3, -0.25) is 14.9 Å². The summed E-state index contributed by atoms with van der Waals surface area (Å²) in [5.41, 5.74) is 1.82. The van der Waals surface area contributed by atoms with Crippen LogP contribution in [-0.4, -0.2) is 28.6 Å². The number of anilines is 2. The lowest BCUT2D eigenvalue weighted by Gasteiger charge is -2.17. The van der Waals surface area contributed by atoms with Crippen LogP contribution in [0, 0.1) is 5.92 Å². The molecular weight excluding hydrogens is 340 g/mol. The summed E-state index contributed by atoms with van der Waals surface area (Å²) >= 11 is 1.38. The summed E-state index contributed by atoms with van der Waals surface area (Å²) in [6.45, 7) is 4.11. The third kappa shape index (κ3) is 4.76. The van der Waals surface area contributed by atoms with E-state index in [-0.39, 0.29) is 18.4 Å². The van der Waals surface area contributed by atoms with E-state index in [4.69, 9.17) is 4.74 Å². The first-order valence-corrected chi connectivity index (χ1v) is 8.99. The van der Waals surface area contributed by atoms with Crippen molar-refractivity contribution in [3.8, 4) is 5.75 Å². The molecule has 0 saturated carbocycles. The molecule has 132 valence electrons. The molecule has 1 aliphatic rings. The average molecular weight is 360 g/mol. The lowest BCUT2D eigenvalue weighted by molar-refractivity contribution is -0.118. The summed E-state index contributed by atoms with van der Waals surface area (Å²) in [6, 6.07) is 5.39. The molecule has 2 amide bonds. The molecule has 0 fully saturated rings. The second-order valence-electron chi connectivity index (χ2n) is 6.30. The zero-order valence-electron chi connectivity index (χ0n) is 14.2. The summed E-state index contributed by atoms with van der Waals surface area (Å²) < 4.78 is 5.54. The molecule has 0 atom stereocenters. The number of hydrogen-bond donors (Lipinski definition) is 2. The number of ether oxygens (including phenoxy) is 1. The first-order valence-electron chi connectivity index (χ1n) is 8.17. The molecule has 0 bridgehead atoms. The minimum atomic E-state index is -0.279. The van der Waals surface area contributed by atoms with Crippen molar-refractivity contribution in [1.29, 1.82) is 0 Å². The molecule has 1 aromatic heterocycles. The van der Waals surface area contributed by atoms with E-state index in [0.717, 1.165) is 22.7 Å². The van der Waals surface area contributed by atoms with Gasteiger partial charge in [0.15, 0.2) is 6.61 Å². The van der Waals surface area contributed by atoms with Gasteiger partial charge < -0.3 is 10.1 Å². The van der Waals surface area contributed by atoms with E-state index in [1.54, 1.807) is 12.1 Å². The lowest BCUT2D eigenvalue weighted by atomic mass is 10.0. The third-order valence-corrected chi connectivity index (χ3v) is 4.50. The minimum absolute atomic E-state index is 0.0226. The number of amides is 2. The molecule has 0 spiro atoms. The maximum absolute atomic E-state index is 12.0. The van der Waals surface area contributed by atoms with Gasteiger partial charge >= 0.3 is 0 Å². The Morgan fingerprint density at radius 3 is 3.00 bits per heavy atom. The van der Waals surface area contributed by atoms with Crippen molar-refractivity contribution in [2.45, 2.75) is 33.1 Å². The van der Waals surface area contributed by atoms with Crippen molar-refractivity contribution in [3.63, 3.8) is 0 Å². The van der Waals surface area contributed by atoms with Crippen LogP contribution in [0.25, 0.3) is 0 Å². The van der Waals surface area contributed by atoms with Crippen LogP contribution in [-0.2, 0) is 22.4 Å². The van der Waals surface area contributed by atoms with E-state index in [9.17, 15) is 9.59 Å². The fourth-order valence-corrected chi connectivity index (χ4v) is 3.46. The molecule has 2 heterocycles. The molecule has 25 heavy (non-hydrogen) atoms. The Morgan fingerprint density at radius 2 is 2.20 bits per heavy atom. The molecule has 2 aromatic rings. The molecule has 2 N–H and O–H groups in total. The number of benzene rings is 1. The molecule has 7 nitrogen and oxygen atoms in total. The van der Waals surface area contributed by atoms with Gasteiger partial charge in [0.2, 0.25) is 11.0 Å². The Labute approximate surface area is 149 Å².